The van der Waals surface area contributed by atoms with Gasteiger partial charge in [0, 0.05) is 18.8 Å². The molecule has 2 rings (SSSR count). The van der Waals surface area contributed by atoms with Crippen LogP contribution in [0, 0.1) is 11.8 Å². The molecule has 5 nitrogen and oxygen atoms in total. The third-order valence-electron chi connectivity index (χ3n) is 5.88. The van der Waals surface area contributed by atoms with Gasteiger partial charge in [0.1, 0.15) is 12.2 Å². The van der Waals surface area contributed by atoms with E-state index in [2.05, 4.69) is 45.7 Å². The molecule has 0 N–H and O–H groups in total. The lowest BCUT2D eigenvalue weighted by Crippen LogP contribution is -2.44. The van der Waals surface area contributed by atoms with E-state index in [1.54, 1.807) is 0 Å². The summed E-state index contributed by atoms with van der Waals surface area (Å²) in [5.74, 6) is 4.53. The van der Waals surface area contributed by atoms with Gasteiger partial charge in [-0.3, -0.25) is 0 Å². The molecule has 0 aromatic heterocycles. The predicted octanol–water partition coefficient (Wildman–Crippen LogP) is 4.96. The first-order chi connectivity index (χ1) is 13.3. The van der Waals surface area contributed by atoms with Gasteiger partial charge in [-0.25, -0.2) is 4.79 Å². The standard InChI is InChI=1S/C23H38O5Si/c1-17-11-9-13-19-20(27-23(5,6)26-19)16-15-18(12-10-14-21(24)25-17)28-29(7,8)22(2,3)4/h9,13,17-20H,11-12,15-16H2,1-8H3/b13-9-. The van der Waals surface area contributed by atoms with Gasteiger partial charge in [-0.05, 0) is 51.7 Å². The minimum atomic E-state index is -1.96. The Kier molecular flexibility index (Phi) is 7.78. The average Bonchev–Trinajstić information content (AvgIpc) is 2.84. The smallest absolute Gasteiger partial charge is 0.384 e. The molecular formula is C23H38O5Si. The Morgan fingerprint density at radius 1 is 1.21 bits per heavy atom. The molecule has 4 atom stereocenters. The summed E-state index contributed by atoms with van der Waals surface area (Å²) in [6.45, 7) is 16.9. The molecule has 0 bridgehead atoms. The quantitative estimate of drug-likeness (QED) is 0.207. The highest BCUT2D eigenvalue weighted by atomic mass is 28.4. The Hall–Kier alpha value is -1.13. The van der Waals surface area contributed by atoms with Gasteiger partial charge in [0.15, 0.2) is 14.1 Å². The van der Waals surface area contributed by atoms with Gasteiger partial charge in [-0.2, -0.15) is 0 Å². The van der Waals surface area contributed by atoms with Gasteiger partial charge in [0.25, 0.3) is 0 Å². The first-order valence-electron chi connectivity index (χ1n) is 10.7. The maximum atomic E-state index is 12.0. The summed E-state index contributed by atoms with van der Waals surface area (Å²) in [6.07, 6.45) is 6.37. The molecule has 0 aromatic carbocycles. The van der Waals surface area contributed by atoms with Gasteiger partial charge < -0.3 is 18.6 Å². The highest BCUT2D eigenvalue weighted by molar-refractivity contribution is 6.74. The van der Waals surface area contributed by atoms with Crippen LogP contribution in [-0.4, -0.2) is 44.5 Å². The number of esters is 1. The third kappa shape index (κ3) is 7.25. The van der Waals surface area contributed by atoms with E-state index in [1.165, 1.54) is 0 Å². The van der Waals surface area contributed by atoms with E-state index in [4.69, 9.17) is 18.6 Å². The van der Waals surface area contributed by atoms with Crippen molar-refractivity contribution in [2.24, 2.45) is 0 Å². The minimum Gasteiger partial charge on any atom is -0.453 e. The lowest BCUT2D eigenvalue weighted by Gasteiger charge is -2.39. The second-order valence-electron chi connectivity index (χ2n) is 10.1. The van der Waals surface area contributed by atoms with Crippen molar-refractivity contribution in [2.75, 3.05) is 0 Å². The second-order valence-corrected chi connectivity index (χ2v) is 14.9. The third-order valence-corrected chi connectivity index (χ3v) is 10.4. The van der Waals surface area contributed by atoms with Crippen molar-refractivity contribution in [3.05, 3.63) is 12.2 Å². The van der Waals surface area contributed by atoms with Crippen LogP contribution in [0.1, 0.15) is 67.2 Å². The van der Waals surface area contributed by atoms with Crippen LogP contribution in [0.2, 0.25) is 18.1 Å². The largest absolute Gasteiger partial charge is 0.453 e. The van der Waals surface area contributed by atoms with E-state index in [-0.39, 0.29) is 29.5 Å². The van der Waals surface area contributed by atoms with Gasteiger partial charge in [-0.15, -0.1) is 0 Å². The molecule has 2 aliphatic heterocycles. The van der Waals surface area contributed by atoms with Crippen LogP contribution in [-0.2, 0) is 23.4 Å². The Bertz CT molecular complexity index is 665. The molecule has 0 saturated carbocycles. The topological polar surface area (TPSA) is 54.0 Å². The molecule has 2 aliphatic rings. The predicted molar refractivity (Wildman–Crippen MR) is 117 cm³/mol. The summed E-state index contributed by atoms with van der Waals surface area (Å²) in [7, 11) is -1.96. The molecule has 0 spiro atoms. The number of cyclic esters (lactones) is 1. The van der Waals surface area contributed by atoms with Crippen molar-refractivity contribution < 1.29 is 23.4 Å². The fourth-order valence-electron chi connectivity index (χ4n) is 3.30. The van der Waals surface area contributed by atoms with Crippen LogP contribution in [0.4, 0.5) is 0 Å². The van der Waals surface area contributed by atoms with E-state index in [0.717, 1.165) is 12.8 Å². The maximum absolute atomic E-state index is 12.0. The van der Waals surface area contributed by atoms with Gasteiger partial charge in [0.05, 0.1) is 12.2 Å². The van der Waals surface area contributed by atoms with Crippen LogP contribution in [0.15, 0.2) is 12.2 Å². The van der Waals surface area contributed by atoms with Crippen molar-refractivity contribution in [3.8, 4) is 11.8 Å². The van der Waals surface area contributed by atoms with Crippen LogP contribution in [0.25, 0.3) is 0 Å². The van der Waals surface area contributed by atoms with Crippen LogP contribution in [0.5, 0.6) is 0 Å². The molecule has 0 aromatic rings. The summed E-state index contributed by atoms with van der Waals surface area (Å²) >= 11 is 0. The van der Waals surface area contributed by atoms with Gasteiger partial charge >= 0.3 is 5.97 Å². The molecule has 0 aliphatic carbocycles. The Labute approximate surface area is 177 Å². The molecule has 0 amide bonds. The summed E-state index contributed by atoms with van der Waals surface area (Å²) < 4.78 is 24.2. The Morgan fingerprint density at radius 3 is 2.55 bits per heavy atom. The van der Waals surface area contributed by atoms with Crippen LogP contribution >= 0.6 is 0 Å². The van der Waals surface area contributed by atoms with E-state index in [9.17, 15) is 4.79 Å². The molecule has 29 heavy (non-hydrogen) atoms. The van der Waals surface area contributed by atoms with Crippen molar-refractivity contribution in [2.45, 2.75) is 116 Å². The zero-order valence-electron chi connectivity index (χ0n) is 19.3. The minimum absolute atomic E-state index is 0.0273. The second kappa shape index (κ2) is 9.34. The lowest BCUT2D eigenvalue weighted by atomic mass is 10.0. The van der Waals surface area contributed by atoms with Crippen molar-refractivity contribution in [3.63, 3.8) is 0 Å². The lowest BCUT2D eigenvalue weighted by molar-refractivity contribution is -0.144. The summed E-state index contributed by atoms with van der Waals surface area (Å²) in [6, 6.07) is 0. The van der Waals surface area contributed by atoms with Gasteiger partial charge in [0.2, 0.25) is 0 Å². The van der Waals surface area contributed by atoms with E-state index >= 15 is 0 Å². The fourth-order valence-corrected chi connectivity index (χ4v) is 4.69. The number of hydrogen-bond donors (Lipinski definition) is 0. The molecule has 0 radical (unpaired) electrons. The highest BCUT2D eigenvalue weighted by Crippen LogP contribution is 2.39. The monoisotopic (exact) mass is 422 g/mol. The van der Waals surface area contributed by atoms with Crippen LogP contribution < -0.4 is 0 Å². The summed E-state index contributed by atoms with van der Waals surface area (Å²) in [4.78, 5) is 12.0. The molecule has 2 heterocycles. The normalized spacial score (nSPS) is 32.3. The zero-order valence-corrected chi connectivity index (χ0v) is 20.3. The first kappa shape index (κ1) is 24.1. The van der Waals surface area contributed by atoms with Crippen molar-refractivity contribution in [1.82, 2.24) is 0 Å². The number of hydrogen-bond acceptors (Lipinski definition) is 5. The Morgan fingerprint density at radius 2 is 1.90 bits per heavy atom. The highest BCUT2D eigenvalue weighted by Gasteiger charge is 2.42. The number of ether oxygens (including phenoxy) is 3. The molecule has 6 heteroatoms. The average molecular weight is 423 g/mol. The number of carbonyl (C=O) groups excluding carboxylic acids is 1. The zero-order chi connectivity index (χ0) is 21.9. The van der Waals surface area contributed by atoms with Crippen molar-refractivity contribution in [1.29, 1.82) is 0 Å². The fraction of sp³-hybridized carbons (Fsp3) is 0.783. The number of rotatable bonds is 2. The maximum Gasteiger partial charge on any atom is 0.384 e. The van der Waals surface area contributed by atoms with Gasteiger partial charge in [-0.1, -0.05) is 38.8 Å². The molecule has 1 saturated heterocycles. The van der Waals surface area contributed by atoms with Crippen LogP contribution in [0.3, 0.4) is 0 Å². The number of carbonyl (C=O) groups is 1. The van der Waals surface area contributed by atoms with E-state index in [1.807, 2.05) is 32.9 Å². The summed E-state index contributed by atoms with van der Waals surface area (Å²) in [5, 5.41) is 0.105. The van der Waals surface area contributed by atoms with E-state index in [0.29, 0.717) is 12.8 Å². The SMILES string of the molecule is CC1C/C=C\C2OC(C)(C)OC2CCC(O[Si](C)(C)C(C)(C)C)CC#CC(=O)O1. The summed E-state index contributed by atoms with van der Waals surface area (Å²) in [5.41, 5.74) is 0. The Balaban J connectivity index is 2.22. The van der Waals surface area contributed by atoms with E-state index < -0.39 is 20.1 Å². The molecule has 164 valence electrons. The molecule has 4 unspecified atom stereocenters. The molecular weight excluding hydrogens is 384 g/mol. The van der Waals surface area contributed by atoms with Crippen molar-refractivity contribution >= 4 is 14.3 Å². The molecule has 1 fully saturated rings. The number of fused-ring (bicyclic) bond motifs is 1. The first-order valence-corrected chi connectivity index (χ1v) is 13.6.